The second-order valence-corrected chi connectivity index (χ2v) is 7.41. The molecule has 0 bridgehead atoms. The summed E-state index contributed by atoms with van der Waals surface area (Å²) in [6.07, 6.45) is 0.570. The first-order valence-corrected chi connectivity index (χ1v) is 9.89. The quantitative estimate of drug-likeness (QED) is 0.579. The SMILES string of the molecule is COCCCN1C(=O)C(CC(=O)Nc2ccc(F)c(Cl)c2)n2c1nc1ccccc12. The number of carbonyl (C=O) groups excluding carboxylic acids is 2. The van der Waals surface area contributed by atoms with Crippen LogP contribution in [-0.2, 0) is 14.3 Å². The minimum Gasteiger partial charge on any atom is -0.385 e. The van der Waals surface area contributed by atoms with Crippen molar-refractivity contribution in [3.63, 3.8) is 0 Å². The number of aromatic nitrogens is 2. The molecule has 1 aliphatic rings. The van der Waals surface area contributed by atoms with E-state index in [1.807, 2.05) is 28.8 Å². The molecule has 2 heterocycles. The molecule has 0 fully saturated rings. The fourth-order valence-electron chi connectivity index (χ4n) is 3.64. The Balaban J connectivity index is 1.60. The summed E-state index contributed by atoms with van der Waals surface area (Å²) in [6, 6.07) is 10.7. The van der Waals surface area contributed by atoms with Crippen LogP contribution in [0.25, 0.3) is 11.0 Å². The van der Waals surface area contributed by atoms with Crippen LogP contribution in [0, 0.1) is 5.82 Å². The van der Waals surface area contributed by atoms with Crippen LogP contribution in [0.4, 0.5) is 16.0 Å². The molecule has 30 heavy (non-hydrogen) atoms. The molecule has 9 heteroatoms. The van der Waals surface area contributed by atoms with Crippen molar-refractivity contribution in [2.75, 3.05) is 30.5 Å². The first kappa shape index (κ1) is 20.3. The monoisotopic (exact) mass is 430 g/mol. The zero-order chi connectivity index (χ0) is 21.3. The molecule has 2 aromatic carbocycles. The van der Waals surface area contributed by atoms with Crippen molar-refractivity contribution >= 4 is 46.1 Å². The third-order valence-electron chi connectivity index (χ3n) is 4.99. The summed E-state index contributed by atoms with van der Waals surface area (Å²) in [5.41, 5.74) is 1.91. The predicted molar refractivity (Wildman–Crippen MR) is 112 cm³/mol. The van der Waals surface area contributed by atoms with Crippen LogP contribution in [-0.4, -0.2) is 41.6 Å². The van der Waals surface area contributed by atoms with Crippen molar-refractivity contribution in [2.45, 2.75) is 18.9 Å². The maximum absolute atomic E-state index is 13.3. The van der Waals surface area contributed by atoms with Crippen LogP contribution in [0.2, 0.25) is 5.02 Å². The molecule has 7 nitrogen and oxygen atoms in total. The van der Waals surface area contributed by atoms with Gasteiger partial charge in [-0.3, -0.25) is 19.1 Å². The number of nitrogens with zero attached hydrogens (tertiary/aromatic N) is 3. The summed E-state index contributed by atoms with van der Waals surface area (Å²) in [5.74, 6) is -0.605. The summed E-state index contributed by atoms with van der Waals surface area (Å²) in [5, 5.41) is 2.59. The van der Waals surface area contributed by atoms with E-state index in [-0.39, 0.29) is 23.3 Å². The van der Waals surface area contributed by atoms with Crippen LogP contribution in [0.1, 0.15) is 18.9 Å². The zero-order valence-electron chi connectivity index (χ0n) is 16.3. The molecule has 0 saturated carbocycles. The molecular weight excluding hydrogens is 411 g/mol. The summed E-state index contributed by atoms with van der Waals surface area (Å²) in [6.45, 7) is 0.960. The van der Waals surface area contributed by atoms with Gasteiger partial charge in [0.25, 0.3) is 5.91 Å². The highest BCUT2D eigenvalue weighted by molar-refractivity contribution is 6.31. The Morgan fingerprint density at radius 2 is 2.10 bits per heavy atom. The van der Waals surface area contributed by atoms with Gasteiger partial charge < -0.3 is 10.1 Å². The number of halogens is 2. The molecule has 0 saturated heterocycles. The summed E-state index contributed by atoms with van der Waals surface area (Å²) >= 11 is 5.78. The molecule has 1 N–H and O–H groups in total. The Kier molecular flexibility index (Phi) is 5.69. The Morgan fingerprint density at radius 3 is 2.87 bits per heavy atom. The van der Waals surface area contributed by atoms with E-state index in [0.29, 0.717) is 31.2 Å². The van der Waals surface area contributed by atoms with Crippen LogP contribution in [0.15, 0.2) is 42.5 Å². The van der Waals surface area contributed by atoms with Gasteiger partial charge in [-0.15, -0.1) is 0 Å². The minimum atomic E-state index is -0.717. The standard InChI is InChI=1S/C21H20ClFN4O3/c1-30-10-4-9-26-20(29)18(27-17-6-3-2-5-16(17)25-21(26)27)12-19(28)24-13-7-8-15(23)14(22)11-13/h2-3,5-8,11,18H,4,9-10,12H2,1H3,(H,24,28). The van der Waals surface area contributed by atoms with Gasteiger partial charge in [-0.2, -0.15) is 0 Å². The van der Waals surface area contributed by atoms with E-state index in [1.165, 1.54) is 18.2 Å². The second kappa shape index (κ2) is 8.41. The van der Waals surface area contributed by atoms with Gasteiger partial charge in [-0.25, -0.2) is 9.37 Å². The summed E-state index contributed by atoms with van der Waals surface area (Å²) < 4.78 is 20.2. The van der Waals surface area contributed by atoms with Crippen LogP contribution >= 0.6 is 11.6 Å². The molecule has 3 aromatic rings. The number of amides is 2. The number of anilines is 2. The highest BCUT2D eigenvalue weighted by Crippen LogP contribution is 2.36. The molecule has 0 radical (unpaired) electrons. The smallest absolute Gasteiger partial charge is 0.253 e. The van der Waals surface area contributed by atoms with E-state index in [0.717, 1.165) is 11.0 Å². The number of carbonyl (C=O) groups is 2. The minimum absolute atomic E-state index is 0.0814. The molecule has 2 amide bonds. The number of hydrogen-bond acceptors (Lipinski definition) is 4. The lowest BCUT2D eigenvalue weighted by molar-refractivity contribution is -0.124. The lowest BCUT2D eigenvalue weighted by Crippen LogP contribution is -2.32. The third kappa shape index (κ3) is 3.76. The molecular formula is C21H20ClFN4O3. The van der Waals surface area contributed by atoms with Crippen molar-refractivity contribution in [3.8, 4) is 0 Å². The average Bonchev–Trinajstić information content (AvgIpc) is 3.21. The number of ether oxygens (including phenoxy) is 1. The van der Waals surface area contributed by atoms with Crippen molar-refractivity contribution < 1.29 is 18.7 Å². The Bertz CT molecular complexity index is 1120. The number of benzene rings is 2. The number of hydrogen-bond donors (Lipinski definition) is 1. The van der Waals surface area contributed by atoms with Crippen LogP contribution < -0.4 is 10.2 Å². The molecule has 1 unspecified atom stereocenters. The molecule has 0 spiro atoms. The summed E-state index contributed by atoms with van der Waals surface area (Å²) in [4.78, 5) is 32.0. The molecule has 1 aromatic heterocycles. The lowest BCUT2D eigenvalue weighted by atomic mass is 10.1. The molecule has 1 aliphatic heterocycles. The highest BCUT2D eigenvalue weighted by Gasteiger charge is 2.40. The average molecular weight is 431 g/mol. The van der Waals surface area contributed by atoms with Gasteiger partial charge >= 0.3 is 0 Å². The first-order chi connectivity index (χ1) is 14.5. The second-order valence-electron chi connectivity index (χ2n) is 7.00. The van der Waals surface area contributed by atoms with E-state index in [9.17, 15) is 14.0 Å². The fraction of sp³-hybridized carbons (Fsp3) is 0.286. The number of imidazole rings is 1. The van der Waals surface area contributed by atoms with Gasteiger partial charge in [0.05, 0.1) is 22.5 Å². The number of fused-ring (bicyclic) bond motifs is 3. The maximum atomic E-state index is 13.3. The normalized spacial score (nSPS) is 15.6. The summed E-state index contributed by atoms with van der Waals surface area (Å²) in [7, 11) is 1.61. The zero-order valence-corrected chi connectivity index (χ0v) is 17.0. The van der Waals surface area contributed by atoms with Gasteiger partial charge in [0, 0.05) is 25.9 Å². The molecule has 4 rings (SSSR count). The van der Waals surface area contributed by atoms with Gasteiger partial charge in [-0.1, -0.05) is 23.7 Å². The van der Waals surface area contributed by atoms with Gasteiger partial charge in [0.15, 0.2) is 0 Å². The van der Waals surface area contributed by atoms with Crippen LogP contribution in [0.3, 0.4) is 0 Å². The van der Waals surface area contributed by atoms with E-state index in [2.05, 4.69) is 10.3 Å². The van der Waals surface area contributed by atoms with Crippen molar-refractivity contribution in [1.82, 2.24) is 9.55 Å². The number of para-hydroxylation sites is 2. The Labute approximate surface area is 177 Å². The van der Waals surface area contributed by atoms with Gasteiger partial charge in [0.2, 0.25) is 11.9 Å². The van der Waals surface area contributed by atoms with E-state index in [1.54, 1.807) is 12.0 Å². The lowest BCUT2D eigenvalue weighted by Gasteiger charge is -2.15. The largest absolute Gasteiger partial charge is 0.385 e. The van der Waals surface area contributed by atoms with Crippen molar-refractivity contribution in [2.24, 2.45) is 0 Å². The van der Waals surface area contributed by atoms with E-state index >= 15 is 0 Å². The highest BCUT2D eigenvalue weighted by atomic mass is 35.5. The van der Waals surface area contributed by atoms with Crippen molar-refractivity contribution in [1.29, 1.82) is 0 Å². The van der Waals surface area contributed by atoms with Gasteiger partial charge in [-0.05, 0) is 36.8 Å². The Hall–Kier alpha value is -2.97. The molecule has 0 aliphatic carbocycles. The number of nitrogens with one attached hydrogen (secondary N) is 1. The number of rotatable bonds is 7. The maximum Gasteiger partial charge on any atom is 0.253 e. The Morgan fingerprint density at radius 1 is 1.30 bits per heavy atom. The number of methoxy groups -OCH3 is 1. The third-order valence-corrected chi connectivity index (χ3v) is 5.28. The first-order valence-electron chi connectivity index (χ1n) is 9.52. The fourth-order valence-corrected chi connectivity index (χ4v) is 3.82. The van der Waals surface area contributed by atoms with E-state index < -0.39 is 11.9 Å². The predicted octanol–water partition coefficient (Wildman–Crippen LogP) is 3.78. The van der Waals surface area contributed by atoms with Crippen LogP contribution in [0.5, 0.6) is 0 Å². The topological polar surface area (TPSA) is 76.5 Å². The molecule has 1 atom stereocenters. The van der Waals surface area contributed by atoms with E-state index in [4.69, 9.17) is 16.3 Å². The van der Waals surface area contributed by atoms with Gasteiger partial charge in [0.1, 0.15) is 11.9 Å². The molecule has 156 valence electrons. The van der Waals surface area contributed by atoms with Crippen molar-refractivity contribution in [3.05, 3.63) is 53.3 Å².